The van der Waals surface area contributed by atoms with Crippen LogP contribution in [0, 0.1) is 11.8 Å². The van der Waals surface area contributed by atoms with E-state index in [1.165, 1.54) is 0 Å². The minimum Gasteiger partial charge on any atom is -0.481 e. The molecule has 1 amide bonds. The fraction of sp³-hybridized carbons (Fsp3) is 0.476. The van der Waals surface area contributed by atoms with Crippen molar-refractivity contribution >= 4 is 11.9 Å². The summed E-state index contributed by atoms with van der Waals surface area (Å²) in [6.07, 6.45) is 4.44. The lowest BCUT2D eigenvalue weighted by atomic mass is 9.81. The lowest BCUT2D eigenvalue weighted by Crippen LogP contribution is -2.37. The quantitative estimate of drug-likeness (QED) is 0.783. The Balaban J connectivity index is 1.47. The third-order valence-electron chi connectivity index (χ3n) is 5.39. The van der Waals surface area contributed by atoms with Crippen LogP contribution in [0.1, 0.15) is 37.8 Å². The number of nitrogens with zero attached hydrogens (tertiary/aromatic N) is 2. The highest BCUT2D eigenvalue weighted by Crippen LogP contribution is 2.30. The van der Waals surface area contributed by atoms with Crippen molar-refractivity contribution in [2.45, 2.75) is 38.5 Å². The molecule has 144 valence electrons. The van der Waals surface area contributed by atoms with E-state index >= 15 is 0 Å². The zero-order chi connectivity index (χ0) is 19.2. The van der Waals surface area contributed by atoms with Gasteiger partial charge in [0.25, 0.3) is 0 Å². The second kappa shape index (κ2) is 8.84. The molecule has 1 aromatic heterocycles. The highest BCUT2D eigenvalue weighted by atomic mass is 16.4. The Morgan fingerprint density at radius 3 is 2.70 bits per heavy atom. The van der Waals surface area contributed by atoms with E-state index in [1.807, 2.05) is 37.4 Å². The number of aliphatic carboxylic acids is 1. The average Bonchev–Trinajstić information content (AvgIpc) is 3.17. The minimum absolute atomic E-state index is 0.0792. The number of hydrogen-bond acceptors (Lipinski definition) is 3. The number of aromatic nitrogens is 2. The van der Waals surface area contributed by atoms with Crippen LogP contribution in [0.15, 0.2) is 36.4 Å². The van der Waals surface area contributed by atoms with Crippen LogP contribution < -0.4 is 0 Å². The van der Waals surface area contributed by atoms with E-state index in [-0.39, 0.29) is 17.7 Å². The Labute approximate surface area is 159 Å². The van der Waals surface area contributed by atoms with Gasteiger partial charge in [0.1, 0.15) is 0 Å². The number of carboxylic acid groups (broad SMARTS) is 1. The van der Waals surface area contributed by atoms with Crippen LogP contribution in [0.3, 0.4) is 0 Å². The molecule has 1 fully saturated rings. The van der Waals surface area contributed by atoms with Crippen molar-refractivity contribution in [3.05, 3.63) is 42.1 Å². The molecule has 6 heteroatoms. The Hall–Kier alpha value is -2.63. The van der Waals surface area contributed by atoms with Crippen LogP contribution in [-0.2, 0) is 16.0 Å². The van der Waals surface area contributed by atoms with Crippen LogP contribution >= 0.6 is 0 Å². The Morgan fingerprint density at radius 1 is 1.22 bits per heavy atom. The number of aromatic amines is 1. The fourth-order valence-electron chi connectivity index (χ4n) is 3.81. The van der Waals surface area contributed by atoms with E-state index in [9.17, 15) is 14.7 Å². The van der Waals surface area contributed by atoms with Crippen molar-refractivity contribution in [2.75, 3.05) is 13.6 Å². The monoisotopic (exact) mass is 369 g/mol. The number of aryl methyl sites for hydroxylation is 1. The van der Waals surface area contributed by atoms with E-state index in [0.29, 0.717) is 19.4 Å². The smallest absolute Gasteiger partial charge is 0.306 e. The van der Waals surface area contributed by atoms with Gasteiger partial charge in [0.2, 0.25) is 5.91 Å². The molecule has 2 aromatic rings. The normalized spacial score (nSPS) is 19.6. The lowest BCUT2D eigenvalue weighted by molar-refractivity contribution is -0.145. The Kier molecular flexibility index (Phi) is 6.27. The van der Waals surface area contributed by atoms with Crippen LogP contribution in [0.5, 0.6) is 0 Å². The number of benzene rings is 1. The maximum atomic E-state index is 12.6. The predicted octanol–water partition coefficient (Wildman–Crippen LogP) is 3.36. The summed E-state index contributed by atoms with van der Waals surface area (Å²) in [5.74, 6) is -1.22. The number of carboxylic acids is 1. The molecule has 1 heterocycles. The highest BCUT2D eigenvalue weighted by Gasteiger charge is 2.32. The molecule has 0 bridgehead atoms. The summed E-state index contributed by atoms with van der Waals surface area (Å²) < 4.78 is 0. The zero-order valence-electron chi connectivity index (χ0n) is 15.7. The van der Waals surface area contributed by atoms with Crippen molar-refractivity contribution in [3.63, 3.8) is 0 Å². The SMILES string of the molecule is CN(CCCc1cc(-c2ccccc2)n[nH]1)C(=O)C1CCCC(C(=O)O)C1. The maximum absolute atomic E-state index is 12.6. The molecular formula is C21H27N3O3. The topological polar surface area (TPSA) is 86.3 Å². The number of H-pyrrole nitrogens is 1. The second-order valence-electron chi connectivity index (χ2n) is 7.41. The summed E-state index contributed by atoms with van der Waals surface area (Å²) in [5.41, 5.74) is 3.06. The van der Waals surface area contributed by atoms with Crippen molar-refractivity contribution < 1.29 is 14.7 Å². The van der Waals surface area contributed by atoms with Crippen LogP contribution in [-0.4, -0.2) is 45.7 Å². The van der Waals surface area contributed by atoms with E-state index in [0.717, 1.165) is 42.6 Å². The molecule has 2 N–H and O–H groups in total. The molecule has 1 saturated carbocycles. The summed E-state index contributed by atoms with van der Waals surface area (Å²) in [6.45, 7) is 0.659. The highest BCUT2D eigenvalue weighted by molar-refractivity contribution is 5.80. The first-order chi connectivity index (χ1) is 13.0. The third kappa shape index (κ3) is 4.96. The predicted molar refractivity (Wildman–Crippen MR) is 103 cm³/mol. The molecule has 1 aromatic carbocycles. The van der Waals surface area contributed by atoms with Gasteiger partial charge in [-0.25, -0.2) is 0 Å². The fourth-order valence-corrected chi connectivity index (χ4v) is 3.81. The van der Waals surface area contributed by atoms with E-state index in [1.54, 1.807) is 4.90 Å². The molecule has 27 heavy (non-hydrogen) atoms. The van der Waals surface area contributed by atoms with Crippen molar-refractivity contribution in [3.8, 4) is 11.3 Å². The van der Waals surface area contributed by atoms with Crippen LogP contribution in [0.2, 0.25) is 0 Å². The zero-order valence-corrected chi connectivity index (χ0v) is 15.7. The van der Waals surface area contributed by atoms with Crippen LogP contribution in [0.4, 0.5) is 0 Å². The summed E-state index contributed by atoms with van der Waals surface area (Å²) in [7, 11) is 1.81. The molecule has 2 atom stereocenters. The number of nitrogens with one attached hydrogen (secondary N) is 1. The summed E-state index contributed by atoms with van der Waals surface area (Å²) in [4.78, 5) is 25.6. The largest absolute Gasteiger partial charge is 0.481 e. The number of rotatable bonds is 7. The maximum Gasteiger partial charge on any atom is 0.306 e. The van der Waals surface area contributed by atoms with Crippen molar-refractivity contribution in [1.29, 1.82) is 0 Å². The van der Waals surface area contributed by atoms with Gasteiger partial charge >= 0.3 is 5.97 Å². The molecule has 0 saturated heterocycles. The van der Waals surface area contributed by atoms with Gasteiger partial charge in [-0.15, -0.1) is 0 Å². The molecule has 3 rings (SSSR count). The summed E-state index contributed by atoms with van der Waals surface area (Å²) >= 11 is 0. The Morgan fingerprint density at radius 2 is 1.96 bits per heavy atom. The van der Waals surface area contributed by atoms with Gasteiger partial charge in [-0.05, 0) is 38.2 Å². The van der Waals surface area contributed by atoms with E-state index in [2.05, 4.69) is 16.3 Å². The van der Waals surface area contributed by atoms with Gasteiger partial charge < -0.3 is 10.0 Å². The molecule has 0 radical (unpaired) electrons. The first kappa shape index (κ1) is 19.1. The van der Waals surface area contributed by atoms with E-state index in [4.69, 9.17) is 0 Å². The van der Waals surface area contributed by atoms with Crippen molar-refractivity contribution in [1.82, 2.24) is 15.1 Å². The number of hydrogen-bond donors (Lipinski definition) is 2. The third-order valence-corrected chi connectivity index (χ3v) is 5.39. The first-order valence-corrected chi connectivity index (χ1v) is 9.62. The van der Waals surface area contributed by atoms with Gasteiger partial charge in [-0.3, -0.25) is 14.7 Å². The van der Waals surface area contributed by atoms with Gasteiger partial charge in [-0.2, -0.15) is 5.10 Å². The minimum atomic E-state index is -0.774. The molecule has 0 spiro atoms. The number of carbonyl (C=O) groups is 2. The van der Waals surface area contributed by atoms with Gasteiger partial charge in [0.15, 0.2) is 0 Å². The van der Waals surface area contributed by atoms with E-state index < -0.39 is 5.97 Å². The summed E-state index contributed by atoms with van der Waals surface area (Å²) in [5, 5.41) is 16.6. The number of amides is 1. The Bertz CT molecular complexity index is 772. The van der Waals surface area contributed by atoms with Crippen molar-refractivity contribution in [2.24, 2.45) is 11.8 Å². The second-order valence-corrected chi connectivity index (χ2v) is 7.41. The van der Waals surface area contributed by atoms with Gasteiger partial charge in [-0.1, -0.05) is 36.8 Å². The molecule has 1 aliphatic rings. The average molecular weight is 369 g/mol. The first-order valence-electron chi connectivity index (χ1n) is 9.62. The number of carbonyl (C=O) groups excluding carboxylic acids is 1. The van der Waals surface area contributed by atoms with Crippen LogP contribution in [0.25, 0.3) is 11.3 Å². The standard InChI is InChI=1S/C21H27N3O3/c1-24(20(25)16-9-5-10-17(13-16)21(26)27)12-6-11-18-14-19(23-22-18)15-7-3-2-4-8-15/h2-4,7-8,14,16-17H,5-6,9-13H2,1H3,(H,22,23)(H,26,27). The molecule has 2 unspecified atom stereocenters. The molecule has 0 aliphatic heterocycles. The van der Waals surface area contributed by atoms with Gasteiger partial charge in [0.05, 0.1) is 11.6 Å². The molecular weight excluding hydrogens is 342 g/mol. The summed E-state index contributed by atoms with van der Waals surface area (Å²) in [6, 6.07) is 12.1. The lowest BCUT2D eigenvalue weighted by Gasteiger charge is -2.29. The molecule has 6 nitrogen and oxygen atoms in total. The van der Waals surface area contributed by atoms with Gasteiger partial charge in [0, 0.05) is 30.8 Å². The molecule has 1 aliphatic carbocycles.